The highest BCUT2D eigenvalue weighted by Gasteiger charge is 2.34. The zero-order valence-electron chi connectivity index (χ0n) is 14.8. The molecule has 0 atom stereocenters. The smallest absolute Gasteiger partial charge is 0.573 e. The molecular weight excluding hydrogens is 393 g/mol. The third-order valence-corrected chi connectivity index (χ3v) is 4.03. The number of hydrogen-bond donors (Lipinski definition) is 0. The Kier molecular flexibility index (Phi) is 6.89. The molecule has 11 heteroatoms. The van der Waals surface area contributed by atoms with Crippen LogP contribution in [-0.2, 0) is 14.9 Å². The van der Waals surface area contributed by atoms with Crippen molar-refractivity contribution in [2.24, 2.45) is 0 Å². The highest BCUT2D eigenvalue weighted by molar-refractivity contribution is 7.85. The van der Waals surface area contributed by atoms with E-state index in [1.165, 1.54) is 0 Å². The average Bonchev–Trinajstić information content (AvgIpc) is 2.45. The molecule has 0 radical (unpaired) electrons. The summed E-state index contributed by atoms with van der Waals surface area (Å²) in [6, 6.07) is 2.80. The normalized spacial score (nSPS) is 12.4. The number of benzene rings is 1. The average molecular weight is 411 g/mol. The van der Waals surface area contributed by atoms with Crippen LogP contribution < -0.4 is 9.47 Å². The van der Waals surface area contributed by atoms with Gasteiger partial charge in [-0.05, 0) is 44.5 Å². The van der Waals surface area contributed by atoms with Crippen LogP contribution in [0.25, 0.3) is 0 Å². The number of hydrogen-bond acceptors (Lipinski definition) is 7. The molecule has 0 aliphatic rings. The topological polar surface area (TPSA) is 102 Å². The maximum absolute atomic E-state index is 12.6. The summed E-state index contributed by atoms with van der Waals surface area (Å²) in [6.45, 7) is 7.69. The molecule has 0 saturated heterocycles. The lowest BCUT2D eigenvalue weighted by atomic mass is 10.0. The number of carbonyl (C=O) groups is 1. The summed E-state index contributed by atoms with van der Waals surface area (Å²) in [5.74, 6) is -3.06. The van der Waals surface area contributed by atoms with E-state index < -0.39 is 51.9 Å². The molecule has 0 bridgehead atoms. The first-order valence-electron chi connectivity index (χ1n) is 7.46. The van der Waals surface area contributed by atoms with Crippen molar-refractivity contribution in [3.8, 4) is 11.5 Å². The van der Waals surface area contributed by atoms with Crippen LogP contribution in [0.3, 0.4) is 0 Å². The van der Waals surface area contributed by atoms with Gasteiger partial charge < -0.3 is 18.8 Å². The van der Waals surface area contributed by atoms with Crippen LogP contribution in [0.5, 0.6) is 11.5 Å². The predicted molar refractivity (Wildman–Crippen MR) is 87.5 cm³/mol. The molecule has 0 unspecified atom stereocenters. The zero-order valence-corrected chi connectivity index (χ0v) is 15.6. The summed E-state index contributed by atoms with van der Waals surface area (Å²) >= 11 is 0. The molecule has 0 fully saturated rings. The summed E-state index contributed by atoms with van der Waals surface area (Å²) in [5.41, 5.74) is -0.808. The summed E-state index contributed by atoms with van der Waals surface area (Å²) in [7, 11) is -4.58. The standard InChI is InChI=1S/C16H19F3O7S/c1-10(2)15(3,4)25-13-9-11(5-6-12(13)26-16(17,18)19)14(20)24-7-8-27(21,22)23/h5-6,9H,1,7-8H2,2-4H3,(H,21,22,23)/p-1. The lowest BCUT2D eigenvalue weighted by Gasteiger charge is -2.28. The highest BCUT2D eigenvalue weighted by atomic mass is 32.2. The van der Waals surface area contributed by atoms with E-state index in [0.29, 0.717) is 5.57 Å². The molecule has 0 heterocycles. The minimum Gasteiger partial charge on any atom is -0.748 e. The fourth-order valence-corrected chi connectivity index (χ4v) is 1.89. The Balaban J connectivity index is 3.13. The van der Waals surface area contributed by atoms with E-state index in [1.807, 2.05) is 0 Å². The van der Waals surface area contributed by atoms with E-state index in [0.717, 1.165) is 18.2 Å². The van der Waals surface area contributed by atoms with Crippen molar-refractivity contribution in [2.45, 2.75) is 32.7 Å². The van der Waals surface area contributed by atoms with Crippen LogP contribution in [0.15, 0.2) is 30.4 Å². The van der Waals surface area contributed by atoms with Crippen LogP contribution in [0.4, 0.5) is 13.2 Å². The summed E-state index contributed by atoms with van der Waals surface area (Å²) in [5, 5.41) is 0. The fourth-order valence-electron chi connectivity index (χ4n) is 1.61. The molecule has 27 heavy (non-hydrogen) atoms. The monoisotopic (exact) mass is 411 g/mol. The largest absolute Gasteiger partial charge is 0.748 e. The first-order valence-corrected chi connectivity index (χ1v) is 9.04. The molecule has 152 valence electrons. The molecule has 0 saturated carbocycles. The molecule has 0 amide bonds. The van der Waals surface area contributed by atoms with Gasteiger partial charge in [0.1, 0.15) is 12.2 Å². The van der Waals surface area contributed by atoms with E-state index in [4.69, 9.17) is 4.74 Å². The molecule has 0 aromatic heterocycles. The third kappa shape index (κ3) is 7.87. The molecule has 0 aliphatic heterocycles. The van der Waals surface area contributed by atoms with E-state index in [2.05, 4.69) is 16.1 Å². The Hall–Kier alpha value is -2.27. The quantitative estimate of drug-likeness (QED) is 0.368. The Morgan fingerprint density at radius 3 is 2.26 bits per heavy atom. The van der Waals surface area contributed by atoms with Gasteiger partial charge in [0.2, 0.25) is 0 Å². The van der Waals surface area contributed by atoms with E-state index in [-0.39, 0.29) is 5.56 Å². The van der Waals surface area contributed by atoms with Gasteiger partial charge >= 0.3 is 12.3 Å². The molecule has 1 aromatic rings. The second-order valence-corrected chi connectivity index (χ2v) is 7.52. The Morgan fingerprint density at radius 2 is 1.78 bits per heavy atom. The van der Waals surface area contributed by atoms with Crippen LogP contribution in [0.2, 0.25) is 0 Å². The molecular formula is C16H18F3O7S-. The summed E-state index contributed by atoms with van der Waals surface area (Å²) < 4.78 is 83.3. The third-order valence-electron chi connectivity index (χ3n) is 3.36. The lowest BCUT2D eigenvalue weighted by molar-refractivity contribution is -0.275. The van der Waals surface area contributed by atoms with Crippen molar-refractivity contribution >= 4 is 16.1 Å². The second kappa shape index (κ2) is 8.17. The van der Waals surface area contributed by atoms with Gasteiger partial charge in [-0.1, -0.05) is 6.58 Å². The van der Waals surface area contributed by atoms with Gasteiger partial charge in [0.15, 0.2) is 11.5 Å². The Labute approximate surface area is 154 Å². The molecule has 0 spiro atoms. The number of ether oxygens (including phenoxy) is 3. The molecule has 0 aliphatic carbocycles. The SMILES string of the molecule is C=C(C)C(C)(C)Oc1cc(C(=O)OCCS(=O)(=O)[O-])ccc1OC(F)(F)F. The van der Waals surface area contributed by atoms with Gasteiger partial charge in [-0.25, -0.2) is 13.2 Å². The van der Waals surface area contributed by atoms with Gasteiger partial charge in [-0.3, -0.25) is 0 Å². The van der Waals surface area contributed by atoms with Gasteiger partial charge in [0.25, 0.3) is 0 Å². The Morgan fingerprint density at radius 1 is 1.19 bits per heavy atom. The molecule has 7 nitrogen and oxygen atoms in total. The molecule has 1 rings (SSSR count). The maximum atomic E-state index is 12.6. The second-order valence-electron chi connectivity index (χ2n) is 6.00. The minimum absolute atomic E-state index is 0.222. The van der Waals surface area contributed by atoms with Crippen LogP contribution >= 0.6 is 0 Å². The van der Waals surface area contributed by atoms with Crippen molar-refractivity contribution in [2.75, 3.05) is 12.4 Å². The Bertz CT molecular complexity index is 814. The van der Waals surface area contributed by atoms with Crippen molar-refractivity contribution in [1.29, 1.82) is 0 Å². The van der Waals surface area contributed by atoms with Gasteiger partial charge in [-0.15, -0.1) is 13.2 Å². The van der Waals surface area contributed by atoms with Crippen molar-refractivity contribution in [3.63, 3.8) is 0 Å². The van der Waals surface area contributed by atoms with Crippen molar-refractivity contribution in [1.82, 2.24) is 0 Å². The number of esters is 1. The zero-order chi connectivity index (χ0) is 21.0. The van der Waals surface area contributed by atoms with Gasteiger partial charge in [0, 0.05) is 0 Å². The number of alkyl halides is 3. The number of rotatable bonds is 8. The summed E-state index contributed by atoms with van der Waals surface area (Å²) in [4.78, 5) is 11.9. The van der Waals surface area contributed by atoms with Crippen molar-refractivity contribution in [3.05, 3.63) is 35.9 Å². The fraction of sp³-hybridized carbons (Fsp3) is 0.438. The maximum Gasteiger partial charge on any atom is 0.573 e. The number of halogens is 3. The first-order chi connectivity index (χ1) is 12.1. The van der Waals surface area contributed by atoms with Crippen LogP contribution in [0, 0.1) is 0 Å². The molecule has 0 N–H and O–H groups in total. The van der Waals surface area contributed by atoms with Gasteiger partial charge in [0.05, 0.1) is 21.4 Å². The summed E-state index contributed by atoms with van der Waals surface area (Å²) in [6.07, 6.45) is -4.99. The van der Waals surface area contributed by atoms with Crippen LogP contribution in [-0.4, -0.2) is 43.3 Å². The minimum atomic E-state index is -4.99. The number of carbonyl (C=O) groups excluding carboxylic acids is 1. The van der Waals surface area contributed by atoms with E-state index >= 15 is 0 Å². The highest BCUT2D eigenvalue weighted by Crippen LogP contribution is 2.36. The van der Waals surface area contributed by atoms with E-state index in [1.54, 1.807) is 20.8 Å². The van der Waals surface area contributed by atoms with Crippen LogP contribution in [0.1, 0.15) is 31.1 Å². The predicted octanol–water partition coefficient (Wildman–Crippen LogP) is 3.02. The lowest BCUT2D eigenvalue weighted by Crippen LogP contribution is -2.30. The van der Waals surface area contributed by atoms with E-state index in [9.17, 15) is 30.9 Å². The first kappa shape index (κ1) is 22.8. The van der Waals surface area contributed by atoms with Gasteiger partial charge in [-0.2, -0.15) is 0 Å². The van der Waals surface area contributed by atoms with Crippen molar-refractivity contribution < 1.29 is 45.1 Å². The molecule has 1 aromatic carbocycles.